The van der Waals surface area contributed by atoms with Crippen LogP contribution >= 0.6 is 11.6 Å². The first-order valence-electron chi connectivity index (χ1n) is 8.43. The molecular weight excluding hydrogens is 439 g/mol. The molecule has 3 rings (SSSR count). The maximum Gasteiger partial charge on any atom is 0.490 e. The van der Waals surface area contributed by atoms with Gasteiger partial charge in [-0.15, -0.1) is 0 Å². The van der Waals surface area contributed by atoms with Crippen molar-refractivity contribution in [3.05, 3.63) is 46.6 Å². The summed E-state index contributed by atoms with van der Waals surface area (Å²) in [6, 6.07) is 4.22. The van der Waals surface area contributed by atoms with Gasteiger partial charge in [0.1, 0.15) is 12.4 Å². The van der Waals surface area contributed by atoms with Gasteiger partial charge >= 0.3 is 12.1 Å². The van der Waals surface area contributed by atoms with E-state index in [1.54, 1.807) is 6.07 Å². The lowest BCUT2D eigenvalue weighted by atomic mass is 10.2. The number of hydrogen-bond acceptors (Lipinski definition) is 6. The van der Waals surface area contributed by atoms with E-state index in [1.165, 1.54) is 12.1 Å². The number of aliphatic carboxylic acids is 1. The fourth-order valence-corrected chi connectivity index (χ4v) is 2.40. The molecule has 164 valence electrons. The van der Waals surface area contributed by atoms with Gasteiger partial charge < -0.3 is 20.1 Å². The van der Waals surface area contributed by atoms with Crippen LogP contribution in [0.1, 0.15) is 5.56 Å². The predicted octanol–water partition coefficient (Wildman–Crippen LogP) is 3.03. The van der Waals surface area contributed by atoms with E-state index in [1.807, 2.05) is 4.90 Å². The molecule has 30 heavy (non-hydrogen) atoms. The molecule has 0 unspecified atom stereocenters. The maximum absolute atomic E-state index is 13.8. The zero-order chi connectivity index (χ0) is 22.3. The Hall–Kier alpha value is -2.73. The standard InChI is InChI=1S/C15H15ClF2N4O.C2HF3O2/c16-11-2-1-10(12(17)7-11)9-23-14-13(18)8-20-15(21-14)22-5-3-19-4-6-22;3-2(4,5)1(6)7/h1-2,7-8,19H,3-6,9H2;(H,6,7). The van der Waals surface area contributed by atoms with Crippen LogP contribution in [0, 0.1) is 11.6 Å². The van der Waals surface area contributed by atoms with Crippen molar-refractivity contribution in [2.75, 3.05) is 31.1 Å². The number of carboxylic acid groups (broad SMARTS) is 1. The molecule has 1 aliphatic rings. The van der Waals surface area contributed by atoms with Crippen molar-refractivity contribution in [1.29, 1.82) is 0 Å². The molecule has 0 radical (unpaired) electrons. The smallest absolute Gasteiger partial charge is 0.475 e. The highest BCUT2D eigenvalue weighted by molar-refractivity contribution is 6.30. The zero-order valence-electron chi connectivity index (χ0n) is 15.2. The number of rotatable bonds is 4. The van der Waals surface area contributed by atoms with Crippen molar-refractivity contribution < 1.29 is 36.6 Å². The van der Waals surface area contributed by atoms with E-state index < -0.39 is 23.8 Å². The molecule has 13 heteroatoms. The van der Waals surface area contributed by atoms with Crippen molar-refractivity contribution in [2.45, 2.75) is 12.8 Å². The average molecular weight is 455 g/mol. The Bertz CT molecular complexity index is 879. The summed E-state index contributed by atoms with van der Waals surface area (Å²) >= 11 is 5.69. The van der Waals surface area contributed by atoms with E-state index in [9.17, 15) is 22.0 Å². The van der Waals surface area contributed by atoms with Crippen molar-refractivity contribution in [2.24, 2.45) is 0 Å². The molecule has 7 nitrogen and oxygen atoms in total. The Morgan fingerprint density at radius 1 is 1.23 bits per heavy atom. The van der Waals surface area contributed by atoms with Gasteiger partial charge in [0.05, 0.1) is 6.20 Å². The van der Waals surface area contributed by atoms with Gasteiger partial charge in [-0.25, -0.2) is 14.2 Å². The lowest BCUT2D eigenvalue weighted by Gasteiger charge is -2.27. The van der Waals surface area contributed by atoms with Crippen LogP contribution in [0.4, 0.5) is 27.9 Å². The molecular formula is C17H16ClF5N4O3. The fourth-order valence-electron chi connectivity index (χ4n) is 2.25. The molecule has 2 N–H and O–H groups in total. The van der Waals surface area contributed by atoms with Gasteiger partial charge in [-0.2, -0.15) is 22.5 Å². The number of piperazine rings is 1. The van der Waals surface area contributed by atoms with Crippen LogP contribution < -0.4 is 15.0 Å². The van der Waals surface area contributed by atoms with E-state index in [4.69, 9.17) is 26.2 Å². The lowest BCUT2D eigenvalue weighted by Crippen LogP contribution is -2.44. The molecule has 1 saturated heterocycles. The summed E-state index contributed by atoms with van der Waals surface area (Å²) in [6.07, 6.45) is -4.02. The number of halogens is 6. The first kappa shape index (κ1) is 23.5. The Labute approximate surface area is 172 Å². The van der Waals surface area contributed by atoms with Crippen LogP contribution in [0.2, 0.25) is 5.02 Å². The number of carbonyl (C=O) groups is 1. The summed E-state index contributed by atoms with van der Waals surface area (Å²) in [7, 11) is 0. The van der Waals surface area contributed by atoms with Gasteiger partial charge in [-0.05, 0) is 12.1 Å². The van der Waals surface area contributed by atoms with Gasteiger partial charge in [0.25, 0.3) is 5.88 Å². The summed E-state index contributed by atoms with van der Waals surface area (Å²) in [6.45, 7) is 2.95. The minimum atomic E-state index is -5.08. The molecule has 1 fully saturated rings. The van der Waals surface area contributed by atoms with Crippen molar-refractivity contribution in [3.63, 3.8) is 0 Å². The molecule has 0 atom stereocenters. The quantitative estimate of drug-likeness (QED) is 0.687. The maximum atomic E-state index is 13.8. The third-order valence-electron chi connectivity index (χ3n) is 3.72. The van der Waals surface area contributed by atoms with Crippen LogP contribution in [0.25, 0.3) is 0 Å². The number of carboxylic acids is 1. The Morgan fingerprint density at radius 3 is 2.43 bits per heavy atom. The third-order valence-corrected chi connectivity index (χ3v) is 3.96. The minimum Gasteiger partial charge on any atom is -0.475 e. The molecule has 2 heterocycles. The van der Waals surface area contributed by atoms with E-state index in [0.717, 1.165) is 32.4 Å². The first-order valence-corrected chi connectivity index (χ1v) is 8.80. The SMILES string of the molecule is Fc1cc(Cl)ccc1COc1nc(N2CCNCC2)ncc1F.O=C(O)C(F)(F)F. The minimum absolute atomic E-state index is 0.141. The summed E-state index contributed by atoms with van der Waals surface area (Å²) in [5, 5.41) is 10.6. The molecule has 2 aromatic rings. The number of benzene rings is 1. The highest BCUT2D eigenvalue weighted by Crippen LogP contribution is 2.20. The van der Waals surface area contributed by atoms with Gasteiger partial charge in [0.15, 0.2) is 0 Å². The molecule has 0 saturated carbocycles. The second-order valence-corrected chi connectivity index (χ2v) is 6.32. The molecule has 0 aliphatic carbocycles. The van der Waals surface area contributed by atoms with E-state index in [0.29, 0.717) is 11.0 Å². The molecule has 1 aliphatic heterocycles. The number of aromatic nitrogens is 2. The predicted molar refractivity (Wildman–Crippen MR) is 96.5 cm³/mol. The number of alkyl halides is 3. The second-order valence-electron chi connectivity index (χ2n) is 5.89. The zero-order valence-corrected chi connectivity index (χ0v) is 16.0. The Morgan fingerprint density at radius 2 is 1.87 bits per heavy atom. The van der Waals surface area contributed by atoms with Gasteiger partial charge in [-0.3, -0.25) is 0 Å². The van der Waals surface area contributed by atoms with Gasteiger partial charge in [0, 0.05) is 36.8 Å². The van der Waals surface area contributed by atoms with Crippen molar-refractivity contribution in [3.8, 4) is 5.88 Å². The molecule has 0 spiro atoms. The molecule has 0 amide bonds. The molecule has 0 bridgehead atoms. The largest absolute Gasteiger partial charge is 0.490 e. The van der Waals surface area contributed by atoms with E-state index >= 15 is 0 Å². The van der Waals surface area contributed by atoms with E-state index in [2.05, 4.69) is 15.3 Å². The third kappa shape index (κ3) is 6.95. The van der Waals surface area contributed by atoms with Gasteiger partial charge in [0.2, 0.25) is 11.8 Å². The van der Waals surface area contributed by atoms with Crippen LogP contribution in [-0.4, -0.2) is 53.4 Å². The number of anilines is 1. The Balaban J connectivity index is 0.000000396. The number of ether oxygens (including phenoxy) is 1. The van der Waals surface area contributed by atoms with Crippen LogP contribution in [-0.2, 0) is 11.4 Å². The highest BCUT2D eigenvalue weighted by atomic mass is 35.5. The monoisotopic (exact) mass is 454 g/mol. The molecule has 1 aromatic carbocycles. The summed E-state index contributed by atoms with van der Waals surface area (Å²) < 4.78 is 64.6. The second kappa shape index (κ2) is 10.3. The topological polar surface area (TPSA) is 87.6 Å². The van der Waals surface area contributed by atoms with Gasteiger partial charge in [-0.1, -0.05) is 17.7 Å². The summed E-state index contributed by atoms with van der Waals surface area (Å²) in [5.74, 6) is -3.73. The lowest BCUT2D eigenvalue weighted by molar-refractivity contribution is -0.192. The van der Waals surface area contributed by atoms with Crippen molar-refractivity contribution in [1.82, 2.24) is 15.3 Å². The van der Waals surface area contributed by atoms with Crippen molar-refractivity contribution >= 4 is 23.5 Å². The number of nitrogens with zero attached hydrogens (tertiary/aromatic N) is 3. The molecule has 1 aromatic heterocycles. The first-order chi connectivity index (χ1) is 14.1. The highest BCUT2D eigenvalue weighted by Gasteiger charge is 2.38. The summed E-state index contributed by atoms with van der Waals surface area (Å²) in [5.41, 5.74) is 0.274. The van der Waals surface area contributed by atoms with Crippen LogP contribution in [0.15, 0.2) is 24.4 Å². The Kier molecular flexibility index (Phi) is 8.12. The summed E-state index contributed by atoms with van der Waals surface area (Å²) in [4.78, 5) is 18.9. The normalized spacial score (nSPS) is 14.0. The fraction of sp³-hybridized carbons (Fsp3) is 0.353. The van der Waals surface area contributed by atoms with Crippen LogP contribution in [0.3, 0.4) is 0 Å². The number of nitrogens with one attached hydrogen (secondary N) is 1. The van der Waals surface area contributed by atoms with E-state index in [-0.39, 0.29) is 18.1 Å². The van der Waals surface area contributed by atoms with Crippen LogP contribution in [0.5, 0.6) is 5.88 Å². The number of hydrogen-bond donors (Lipinski definition) is 2. The average Bonchev–Trinajstić information content (AvgIpc) is 2.69.